The molecule has 1 unspecified atom stereocenters. The van der Waals surface area contributed by atoms with E-state index in [1.54, 1.807) is 0 Å². The molecule has 1 aliphatic heterocycles. The highest BCUT2D eigenvalue weighted by molar-refractivity contribution is 5.40. The molecule has 1 aromatic carbocycles. The van der Waals surface area contributed by atoms with Crippen molar-refractivity contribution in [3.63, 3.8) is 0 Å². The third-order valence-corrected chi connectivity index (χ3v) is 3.79. The Labute approximate surface area is 129 Å². The molecular formula is C18H29NO2. The zero-order valence-corrected chi connectivity index (χ0v) is 13.9. The average Bonchev–Trinajstić information content (AvgIpc) is 2.44. The van der Waals surface area contributed by atoms with E-state index in [0.29, 0.717) is 6.61 Å². The summed E-state index contributed by atoms with van der Waals surface area (Å²) in [5.74, 6) is 1.02. The first-order valence-electron chi connectivity index (χ1n) is 8.03. The van der Waals surface area contributed by atoms with Crippen molar-refractivity contribution >= 4 is 0 Å². The van der Waals surface area contributed by atoms with Gasteiger partial charge in [-0.1, -0.05) is 18.2 Å². The predicted molar refractivity (Wildman–Crippen MR) is 86.9 cm³/mol. The molecule has 1 aromatic rings. The molecule has 118 valence electrons. The Morgan fingerprint density at radius 3 is 2.76 bits per heavy atom. The van der Waals surface area contributed by atoms with E-state index in [2.05, 4.69) is 51.2 Å². The van der Waals surface area contributed by atoms with Crippen molar-refractivity contribution < 1.29 is 9.47 Å². The third kappa shape index (κ3) is 5.33. The highest BCUT2D eigenvalue weighted by atomic mass is 16.5. The van der Waals surface area contributed by atoms with Crippen LogP contribution in [0.2, 0.25) is 0 Å². The molecule has 0 radical (unpaired) electrons. The summed E-state index contributed by atoms with van der Waals surface area (Å²) in [4.78, 5) is 0. The van der Waals surface area contributed by atoms with Crippen LogP contribution in [0.15, 0.2) is 18.2 Å². The lowest BCUT2D eigenvalue weighted by atomic mass is 10.1. The van der Waals surface area contributed by atoms with E-state index in [-0.39, 0.29) is 11.6 Å². The minimum atomic E-state index is 0.105. The van der Waals surface area contributed by atoms with E-state index in [1.807, 2.05) is 0 Å². The van der Waals surface area contributed by atoms with E-state index in [4.69, 9.17) is 9.47 Å². The molecule has 0 spiro atoms. The summed E-state index contributed by atoms with van der Waals surface area (Å²) in [6, 6.07) is 6.35. The molecule has 1 saturated heterocycles. The minimum Gasteiger partial charge on any atom is -0.490 e. The van der Waals surface area contributed by atoms with Crippen LogP contribution in [0.4, 0.5) is 0 Å². The second-order valence-corrected chi connectivity index (χ2v) is 6.97. The van der Waals surface area contributed by atoms with Gasteiger partial charge in [0.2, 0.25) is 0 Å². The van der Waals surface area contributed by atoms with Crippen molar-refractivity contribution in [1.82, 2.24) is 5.32 Å². The molecule has 3 nitrogen and oxygen atoms in total. The largest absolute Gasteiger partial charge is 0.490 e. The molecule has 21 heavy (non-hydrogen) atoms. The summed E-state index contributed by atoms with van der Waals surface area (Å²) < 4.78 is 11.9. The lowest BCUT2D eigenvalue weighted by Gasteiger charge is -2.25. The van der Waals surface area contributed by atoms with Crippen LogP contribution >= 0.6 is 0 Å². The molecule has 1 atom stereocenters. The number of rotatable bonds is 5. The van der Waals surface area contributed by atoms with E-state index in [0.717, 1.165) is 25.3 Å². The molecular weight excluding hydrogens is 262 g/mol. The van der Waals surface area contributed by atoms with Crippen molar-refractivity contribution in [1.29, 1.82) is 0 Å². The SMILES string of the molecule is Cc1cccc(CNC(C)(C)C)c1OCC1CCCCO1. The first kappa shape index (κ1) is 16.3. The zero-order chi connectivity index (χ0) is 15.3. The molecule has 3 heteroatoms. The Balaban J connectivity index is 1.99. The Hall–Kier alpha value is -1.06. The Kier molecular flexibility index (Phi) is 5.65. The lowest BCUT2D eigenvalue weighted by Crippen LogP contribution is -2.35. The molecule has 2 rings (SSSR count). The van der Waals surface area contributed by atoms with Gasteiger partial charge in [-0.15, -0.1) is 0 Å². The number of hydrogen-bond donors (Lipinski definition) is 1. The standard InChI is InChI=1S/C18H29NO2/c1-14-8-7-9-15(12-19-18(2,3)4)17(14)21-13-16-10-5-6-11-20-16/h7-9,16,19H,5-6,10-13H2,1-4H3. The predicted octanol–water partition coefficient (Wildman–Crippen LogP) is 3.83. The zero-order valence-electron chi connectivity index (χ0n) is 13.9. The van der Waals surface area contributed by atoms with Crippen LogP contribution in [0.25, 0.3) is 0 Å². The number of aryl methyl sites for hydroxylation is 1. The molecule has 1 fully saturated rings. The summed E-state index contributed by atoms with van der Waals surface area (Å²) in [5.41, 5.74) is 2.52. The van der Waals surface area contributed by atoms with Crippen LogP contribution in [0.1, 0.15) is 51.2 Å². The first-order valence-corrected chi connectivity index (χ1v) is 8.03. The van der Waals surface area contributed by atoms with Gasteiger partial charge < -0.3 is 14.8 Å². The van der Waals surface area contributed by atoms with Gasteiger partial charge in [-0.2, -0.15) is 0 Å². The van der Waals surface area contributed by atoms with E-state index in [9.17, 15) is 0 Å². The van der Waals surface area contributed by atoms with Gasteiger partial charge >= 0.3 is 0 Å². The van der Waals surface area contributed by atoms with Gasteiger partial charge in [-0.05, 0) is 52.5 Å². The normalized spacial score (nSPS) is 19.5. The Bertz CT molecular complexity index is 445. The van der Waals surface area contributed by atoms with Crippen molar-refractivity contribution in [2.75, 3.05) is 13.2 Å². The molecule has 0 aliphatic carbocycles. The van der Waals surface area contributed by atoms with Crippen molar-refractivity contribution in [2.24, 2.45) is 0 Å². The Morgan fingerprint density at radius 2 is 2.10 bits per heavy atom. The Morgan fingerprint density at radius 1 is 1.29 bits per heavy atom. The molecule has 0 amide bonds. The van der Waals surface area contributed by atoms with Gasteiger partial charge in [0.1, 0.15) is 12.4 Å². The van der Waals surface area contributed by atoms with E-state index in [1.165, 1.54) is 24.0 Å². The highest BCUT2D eigenvalue weighted by Crippen LogP contribution is 2.25. The van der Waals surface area contributed by atoms with Gasteiger partial charge in [0.15, 0.2) is 0 Å². The van der Waals surface area contributed by atoms with Crippen LogP contribution in [-0.4, -0.2) is 24.9 Å². The summed E-state index contributed by atoms with van der Waals surface area (Å²) >= 11 is 0. The number of benzene rings is 1. The van der Waals surface area contributed by atoms with Crippen LogP contribution in [0, 0.1) is 6.92 Å². The van der Waals surface area contributed by atoms with E-state index < -0.39 is 0 Å². The number of ether oxygens (including phenoxy) is 2. The fourth-order valence-electron chi connectivity index (χ4n) is 2.53. The number of para-hydroxylation sites is 1. The van der Waals surface area contributed by atoms with Crippen molar-refractivity contribution in [3.8, 4) is 5.75 Å². The molecule has 1 heterocycles. The topological polar surface area (TPSA) is 30.5 Å². The van der Waals surface area contributed by atoms with Crippen LogP contribution in [0.5, 0.6) is 5.75 Å². The maximum absolute atomic E-state index is 6.11. The fourth-order valence-corrected chi connectivity index (χ4v) is 2.53. The molecule has 0 aromatic heterocycles. The lowest BCUT2D eigenvalue weighted by molar-refractivity contribution is -0.0113. The van der Waals surface area contributed by atoms with Crippen molar-refractivity contribution in [2.45, 2.75) is 65.1 Å². The van der Waals surface area contributed by atoms with Gasteiger partial charge in [0, 0.05) is 24.3 Å². The maximum Gasteiger partial charge on any atom is 0.126 e. The van der Waals surface area contributed by atoms with Crippen LogP contribution in [-0.2, 0) is 11.3 Å². The maximum atomic E-state index is 6.11. The smallest absolute Gasteiger partial charge is 0.126 e. The van der Waals surface area contributed by atoms with Crippen LogP contribution < -0.4 is 10.1 Å². The van der Waals surface area contributed by atoms with E-state index >= 15 is 0 Å². The van der Waals surface area contributed by atoms with Gasteiger partial charge in [-0.3, -0.25) is 0 Å². The quantitative estimate of drug-likeness (QED) is 0.894. The third-order valence-electron chi connectivity index (χ3n) is 3.79. The minimum absolute atomic E-state index is 0.105. The second-order valence-electron chi connectivity index (χ2n) is 6.97. The van der Waals surface area contributed by atoms with Gasteiger partial charge in [0.25, 0.3) is 0 Å². The second kappa shape index (κ2) is 7.28. The number of nitrogens with one attached hydrogen (secondary N) is 1. The summed E-state index contributed by atoms with van der Waals surface area (Å²) in [6.07, 6.45) is 3.80. The molecule has 0 bridgehead atoms. The first-order chi connectivity index (χ1) is 9.96. The summed E-state index contributed by atoms with van der Waals surface area (Å²) in [7, 11) is 0. The van der Waals surface area contributed by atoms with Crippen molar-refractivity contribution in [3.05, 3.63) is 29.3 Å². The number of hydrogen-bond acceptors (Lipinski definition) is 3. The summed E-state index contributed by atoms with van der Waals surface area (Å²) in [6.45, 7) is 11.0. The highest BCUT2D eigenvalue weighted by Gasteiger charge is 2.17. The molecule has 0 saturated carbocycles. The fraction of sp³-hybridized carbons (Fsp3) is 0.667. The van der Waals surface area contributed by atoms with Gasteiger partial charge in [0.05, 0.1) is 6.10 Å². The molecule has 1 N–H and O–H groups in total. The average molecular weight is 291 g/mol. The monoisotopic (exact) mass is 291 g/mol. The molecule has 1 aliphatic rings. The summed E-state index contributed by atoms with van der Waals surface area (Å²) in [5, 5.41) is 3.53. The van der Waals surface area contributed by atoms with Gasteiger partial charge in [-0.25, -0.2) is 0 Å². The van der Waals surface area contributed by atoms with Crippen LogP contribution in [0.3, 0.4) is 0 Å².